The first-order chi connectivity index (χ1) is 12.3. The molecular weight excluding hydrogens is 374 g/mol. The summed E-state index contributed by atoms with van der Waals surface area (Å²) in [5.41, 5.74) is 0.499. The van der Waals surface area contributed by atoms with E-state index in [0.717, 1.165) is 25.0 Å². The maximum absolute atomic E-state index is 12.7. The lowest BCUT2D eigenvalue weighted by atomic mass is 10.2. The lowest BCUT2D eigenvalue weighted by Crippen LogP contribution is -2.42. The van der Waals surface area contributed by atoms with Gasteiger partial charge in [-0.15, -0.1) is 0 Å². The molecule has 0 unspecified atom stereocenters. The van der Waals surface area contributed by atoms with Gasteiger partial charge in [-0.2, -0.15) is 0 Å². The molecule has 1 saturated heterocycles. The number of nitrogens with one attached hydrogen (secondary N) is 1. The summed E-state index contributed by atoms with van der Waals surface area (Å²) < 4.78 is 23.5. The summed E-state index contributed by atoms with van der Waals surface area (Å²) in [6, 6.07) is 1.24. The molecule has 26 heavy (non-hydrogen) atoms. The van der Waals surface area contributed by atoms with Crippen LogP contribution in [-0.4, -0.2) is 59.0 Å². The predicted molar refractivity (Wildman–Crippen MR) is 103 cm³/mol. The van der Waals surface area contributed by atoms with E-state index in [1.807, 2.05) is 13.8 Å². The number of H-pyrrole nitrogens is 1. The fourth-order valence-corrected chi connectivity index (χ4v) is 5.52. The normalized spacial score (nSPS) is 18.8. The minimum absolute atomic E-state index is 0.0498. The zero-order valence-electron chi connectivity index (χ0n) is 15.4. The number of nitrogens with zero attached hydrogens (tertiary/aromatic N) is 2. The summed E-state index contributed by atoms with van der Waals surface area (Å²) in [6.07, 6.45) is 3.89. The van der Waals surface area contributed by atoms with Gasteiger partial charge in [-0.3, -0.25) is 9.59 Å². The molecule has 1 aromatic heterocycles. The second kappa shape index (κ2) is 9.55. The van der Waals surface area contributed by atoms with E-state index in [4.69, 9.17) is 0 Å². The van der Waals surface area contributed by atoms with E-state index in [1.54, 1.807) is 4.90 Å². The van der Waals surface area contributed by atoms with Crippen LogP contribution in [0.25, 0.3) is 0 Å². The van der Waals surface area contributed by atoms with Crippen LogP contribution in [0.3, 0.4) is 0 Å². The lowest BCUT2D eigenvalue weighted by Gasteiger charge is -2.28. The van der Waals surface area contributed by atoms with E-state index < -0.39 is 9.84 Å². The van der Waals surface area contributed by atoms with Gasteiger partial charge in [0.1, 0.15) is 0 Å². The molecule has 7 nitrogen and oxygen atoms in total. The largest absolute Gasteiger partial charge is 0.338 e. The second-order valence-corrected chi connectivity index (χ2v) is 9.77. The van der Waals surface area contributed by atoms with Gasteiger partial charge in [-0.1, -0.05) is 38.5 Å². The Kier molecular flexibility index (Phi) is 7.69. The molecule has 0 aromatic carbocycles. The molecule has 0 radical (unpaired) electrons. The Morgan fingerprint density at radius 2 is 2.15 bits per heavy atom. The maximum Gasteiger partial charge on any atom is 0.251 e. The van der Waals surface area contributed by atoms with Crippen molar-refractivity contribution in [1.82, 2.24) is 14.9 Å². The van der Waals surface area contributed by atoms with Crippen LogP contribution in [0.15, 0.2) is 16.0 Å². The molecule has 1 aliphatic heterocycles. The van der Waals surface area contributed by atoms with Gasteiger partial charge in [0.05, 0.1) is 17.3 Å². The minimum Gasteiger partial charge on any atom is -0.338 e. The summed E-state index contributed by atoms with van der Waals surface area (Å²) in [4.78, 5) is 33.2. The Morgan fingerprint density at radius 3 is 2.77 bits per heavy atom. The van der Waals surface area contributed by atoms with Crippen LogP contribution in [0, 0.1) is 0 Å². The zero-order chi connectivity index (χ0) is 19.2. The summed E-state index contributed by atoms with van der Waals surface area (Å²) in [6.45, 7) is 4.62. The number of aromatic nitrogens is 2. The van der Waals surface area contributed by atoms with E-state index in [1.165, 1.54) is 17.8 Å². The maximum atomic E-state index is 12.7. The number of carbonyl (C=O) groups excluding carboxylic acids is 1. The van der Waals surface area contributed by atoms with Crippen molar-refractivity contribution in [2.24, 2.45) is 0 Å². The van der Waals surface area contributed by atoms with E-state index in [-0.39, 0.29) is 34.8 Å². The van der Waals surface area contributed by atoms with Crippen LogP contribution in [0.1, 0.15) is 45.2 Å². The van der Waals surface area contributed by atoms with Crippen molar-refractivity contribution in [3.05, 3.63) is 22.1 Å². The van der Waals surface area contributed by atoms with Crippen molar-refractivity contribution in [3.63, 3.8) is 0 Å². The third-order valence-corrected chi connectivity index (χ3v) is 6.94. The van der Waals surface area contributed by atoms with Gasteiger partial charge in [-0.25, -0.2) is 13.4 Å². The van der Waals surface area contributed by atoms with Gasteiger partial charge < -0.3 is 9.88 Å². The average molecular weight is 402 g/mol. The van der Waals surface area contributed by atoms with Crippen molar-refractivity contribution in [3.8, 4) is 0 Å². The fraction of sp³-hybridized carbons (Fsp3) is 0.706. The minimum atomic E-state index is -3.04. The molecule has 1 aliphatic rings. The standard InChI is InChI=1S/C17H27N3O4S2/c1-3-5-8-20(14-7-9-26(23,24)12-14)16(22)11-25-17-18-13(6-4-2)10-15(21)19-17/h10,14H,3-9,11-12H2,1-2H3,(H,18,19,21)/t14-/m0/s1. The number of rotatable bonds is 9. The highest BCUT2D eigenvalue weighted by Crippen LogP contribution is 2.21. The van der Waals surface area contributed by atoms with Crippen molar-refractivity contribution in [1.29, 1.82) is 0 Å². The molecule has 0 bridgehead atoms. The summed E-state index contributed by atoms with van der Waals surface area (Å²) in [5.74, 6) is 0.232. The number of sulfone groups is 1. The number of hydrogen-bond acceptors (Lipinski definition) is 6. The second-order valence-electron chi connectivity index (χ2n) is 6.58. The highest BCUT2D eigenvalue weighted by molar-refractivity contribution is 7.99. The van der Waals surface area contributed by atoms with Crippen LogP contribution in [0.5, 0.6) is 0 Å². The number of aromatic amines is 1. The van der Waals surface area contributed by atoms with Crippen molar-refractivity contribution < 1.29 is 13.2 Å². The average Bonchev–Trinajstić information content (AvgIpc) is 2.93. The number of unbranched alkanes of at least 4 members (excludes halogenated alkanes) is 1. The van der Waals surface area contributed by atoms with Crippen LogP contribution in [-0.2, 0) is 21.1 Å². The SMILES string of the molecule is CCCCN(C(=O)CSc1nc(CCC)cc(=O)[nH]1)[C@H]1CCS(=O)(=O)C1. The van der Waals surface area contributed by atoms with Gasteiger partial charge in [0.2, 0.25) is 5.91 Å². The molecule has 2 heterocycles. The summed E-state index contributed by atoms with van der Waals surface area (Å²) in [5, 5.41) is 0.434. The molecule has 0 spiro atoms. The zero-order valence-corrected chi connectivity index (χ0v) is 17.0. The monoisotopic (exact) mass is 401 g/mol. The number of hydrogen-bond donors (Lipinski definition) is 1. The van der Waals surface area contributed by atoms with Gasteiger partial charge in [0.15, 0.2) is 15.0 Å². The molecular formula is C17H27N3O4S2. The molecule has 2 rings (SSSR count). The molecule has 1 fully saturated rings. The molecule has 1 atom stereocenters. The Balaban J connectivity index is 2.04. The van der Waals surface area contributed by atoms with Gasteiger partial charge in [-0.05, 0) is 19.3 Å². The fourth-order valence-electron chi connectivity index (χ4n) is 3.01. The predicted octanol–water partition coefficient (Wildman–Crippen LogP) is 1.63. The first-order valence-corrected chi connectivity index (χ1v) is 11.9. The molecule has 1 N–H and O–H groups in total. The number of aryl methyl sites for hydroxylation is 1. The Bertz CT molecular complexity index is 776. The van der Waals surface area contributed by atoms with Gasteiger partial charge in [0.25, 0.3) is 5.56 Å². The quantitative estimate of drug-likeness (QED) is 0.499. The van der Waals surface area contributed by atoms with Crippen molar-refractivity contribution in [2.45, 2.75) is 57.1 Å². The Labute approximate surface area is 158 Å². The van der Waals surface area contributed by atoms with Crippen molar-refractivity contribution in [2.75, 3.05) is 23.8 Å². The third-order valence-electron chi connectivity index (χ3n) is 4.33. The van der Waals surface area contributed by atoms with Crippen LogP contribution >= 0.6 is 11.8 Å². The molecule has 9 heteroatoms. The van der Waals surface area contributed by atoms with Crippen LogP contribution < -0.4 is 5.56 Å². The molecule has 146 valence electrons. The number of amides is 1. The number of thioether (sulfide) groups is 1. The third kappa shape index (κ3) is 6.12. The summed E-state index contributed by atoms with van der Waals surface area (Å²) >= 11 is 1.20. The highest BCUT2D eigenvalue weighted by Gasteiger charge is 2.34. The molecule has 0 aliphatic carbocycles. The summed E-state index contributed by atoms with van der Waals surface area (Å²) in [7, 11) is -3.04. The Hall–Kier alpha value is -1.35. The molecule has 1 amide bonds. The smallest absolute Gasteiger partial charge is 0.251 e. The molecule has 1 aromatic rings. The van der Waals surface area contributed by atoms with Crippen LogP contribution in [0.2, 0.25) is 0 Å². The lowest BCUT2D eigenvalue weighted by molar-refractivity contribution is -0.130. The topological polar surface area (TPSA) is 100 Å². The van der Waals surface area contributed by atoms with E-state index in [9.17, 15) is 18.0 Å². The van der Waals surface area contributed by atoms with E-state index in [0.29, 0.717) is 24.5 Å². The van der Waals surface area contributed by atoms with E-state index >= 15 is 0 Å². The van der Waals surface area contributed by atoms with Gasteiger partial charge in [0, 0.05) is 24.3 Å². The van der Waals surface area contributed by atoms with E-state index in [2.05, 4.69) is 9.97 Å². The Morgan fingerprint density at radius 1 is 1.38 bits per heavy atom. The first-order valence-electron chi connectivity index (χ1n) is 9.07. The number of carbonyl (C=O) groups is 1. The highest BCUT2D eigenvalue weighted by atomic mass is 32.2. The van der Waals surface area contributed by atoms with Gasteiger partial charge >= 0.3 is 0 Å². The first kappa shape index (κ1) is 21.0. The van der Waals surface area contributed by atoms with Crippen LogP contribution in [0.4, 0.5) is 0 Å². The molecule has 0 saturated carbocycles. The van der Waals surface area contributed by atoms with Crippen molar-refractivity contribution >= 4 is 27.5 Å².